The number of hydroxylamine groups is 1. The summed E-state index contributed by atoms with van der Waals surface area (Å²) in [4.78, 5) is 20.1. The van der Waals surface area contributed by atoms with Gasteiger partial charge in [-0.1, -0.05) is 80.1 Å². The van der Waals surface area contributed by atoms with Gasteiger partial charge in [0, 0.05) is 11.3 Å². The third-order valence-electron chi connectivity index (χ3n) is 9.26. The highest BCUT2D eigenvalue weighted by atomic mass is 32.2. The molecule has 1 saturated heterocycles. The molecule has 0 radical (unpaired) electrons. The van der Waals surface area contributed by atoms with Crippen LogP contribution in [-0.2, 0) is 26.3 Å². The van der Waals surface area contributed by atoms with Gasteiger partial charge < -0.3 is 0 Å². The zero-order valence-corrected chi connectivity index (χ0v) is 22.1. The maximum atomic E-state index is 14.2. The standard InChI is InChI=1S/C29H36N2O4S/c1-5-24(22-13-11-20(2)12-14-22)26(30-35-18-21-9-7-6-8-10-21)27(32)31-25-17-23-15-16-29(25,28(23,3)4)19-36(31,33)34/h5-14,23-26,30H,1,15-19H2,2-4H3/t23-,24+,25-,26+,29-/m1/s1. The Morgan fingerprint density at radius 1 is 1.19 bits per heavy atom. The molecule has 1 heterocycles. The Labute approximate surface area is 214 Å². The first-order valence-corrected chi connectivity index (χ1v) is 14.4. The molecular weight excluding hydrogens is 472 g/mol. The SMILES string of the molecule is C=C[C@@H](c1ccc(C)cc1)[C@H](NOCc1ccccc1)C(=O)N1[C@@H]2C[C@H]3CC[C@]2(CS1(=O)=O)C3(C)C. The Balaban J connectivity index is 1.47. The first-order valence-electron chi connectivity index (χ1n) is 12.8. The van der Waals surface area contributed by atoms with Gasteiger partial charge in [0.15, 0.2) is 0 Å². The predicted octanol–water partition coefficient (Wildman–Crippen LogP) is 4.72. The second kappa shape index (κ2) is 9.12. The Morgan fingerprint density at radius 2 is 1.89 bits per heavy atom. The molecular formula is C29H36N2O4S. The molecule has 5 atom stereocenters. The maximum Gasteiger partial charge on any atom is 0.256 e. The lowest BCUT2D eigenvalue weighted by molar-refractivity contribution is -0.136. The number of carbonyl (C=O) groups is 1. The number of benzene rings is 2. The van der Waals surface area contributed by atoms with Gasteiger partial charge in [-0.05, 0) is 48.6 Å². The van der Waals surface area contributed by atoms with Crippen molar-refractivity contribution < 1.29 is 18.0 Å². The first-order chi connectivity index (χ1) is 17.1. The molecule has 1 aliphatic heterocycles. The average molecular weight is 509 g/mol. The van der Waals surface area contributed by atoms with E-state index in [1.165, 1.54) is 4.31 Å². The van der Waals surface area contributed by atoms with Crippen molar-refractivity contribution in [3.8, 4) is 0 Å². The highest BCUT2D eigenvalue weighted by molar-refractivity contribution is 7.90. The van der Waals surface area contributed by atoms with Crippen molar-refractivity contribution >= 4 is 15.9 Å². The van der Waals surface area contributed by atoms with E-state index in [1.54, 1.807) is 6.08 Å². The van der Waals surface area contributed by atoms with E-state index in [0.29, 0.717) is 5.92 Å². The smallest absolute Gasteiger partial charge is 0.256 e. The van der Waals surface area contributed by atoms with Crippen LogP contribution in [0.2, 0.25) is 0 Å². The summed E-state index contributed by atoms with van der Waals surface area (Å²) >= 11 is 0. The monoisotopic (exact) mass is 508 g/mol. The van der Waals surface area contributed by atoms with Gasteiger partial charge in [-0.3, -0.25) is 9.63 Å². The first kappa shape index (κ1) is 25.2. The molecule has 2 aromatic rings. The number of carbonyl (C=O) groups excluding carboxylic acids is 1. The molecule has 3 aliphatic rings. The fourth-order valence-corrected chi connectivity index (χ4v) is 9.60. The molecule has 7 heteroatoms. The van der Waals surface area contributed by atoms with E-state index in [-0.39, 0.29) is 29.2 Å². The highest BCUT2D eigenvalue weighted by Gasteiger charge is 2.72. The Bertz CT molecular complexity index is 1240. The quantitative estimate of drug-likeness (QED) is 0.412. The van der Waals surface area contributed by atoms with Crippen molar-refractivity contribution in [2.75, 3.05) is 5.75 Å². The van der Waals surface area contributed by atoms with Crippen molar-refractivity contribution in [3.63, 3.8) is 0 Å². The minimum atomic E-state index is -3.76. The van der Waals surface area contributed by atoms with Gasteiger partial charge in [0.05, 0.1) is 18.4 Å². The van der Waals surface area contributed by atoms with Crippen LogP contribution >= 0.6 is 0 Å². The average Bonchev–Trinajstić information content (AvgIpc) is 3.33. The normalized spacial score (nSPS) is 29.0. The molecule has 1 spiro atoms. The molecule has 2 bridgehead atoms. The highest BCUT2D eigenvalue weighted by Crippen LogP contribution is 2.70. The molecule has 3 fully saturated rings. The second-order valence-electron chi connectivity index (χ2n) is 11.3. The van der Waals surface area contributed by atoms with Crippen LogP contribution in [0.25, 0.3) is 0 Å². The van der Waals surface area contributed by atoms with Crippen LogP contribution in [0.5, 0.6) is 0 Å². The lowest BCUT2D eigenvalue weighted by atomic mass is 9.69. The van der Waals surface area contributed by atoms with Crippen LogP contribution in [0.15, 0.2) is 67.3 Å². The summed E-state index contributed by atoms with van der Waals surface area (Å²) in [5.41, 5.74) is 5.40. The summed E-state index contributed by atoms with van der Waals surface area (Å²) in [6, 6.07) is 16.3. The van der Waals surface area contributed by atoms with Gasteiger partial charge in [0.1, 0.15) is 6.04 Å². The molecule has 1 N–H and O–H groups in total. The molecule has 192 valence electrons. The van der Waals surface area contributed by atoms with Crippen LogP contribution in [0, 0.1) is 23.7 Å². The molecule has 1 amide bonds. The summed E-state index contributed by atoms with van der Waals surface area (Å²) in [5.74, 6) is -0.451. The molecule has 0 aromatic heterocycles. The van der Waals surface area contributed by atoms with Crippen LogP contribution < -0.4 is 5.48 Å². The lowest BCUT2D eigenvalue weighted by Gasteiger charge is -2.38. The summed E-state index contributed by atoms with van der Waals surface area (Å²) < 4.78 is 28.4. The molecule has 5 rings (SSSR count). The van der Waals surface area contributed by atoms with Crippen molar-refractivity contribution in [1.82, 2.24) is 9.79 Å². The van der Waals surface area contributed by atoms with Gasteiger partial charge in [-0.15, -0.1) is 6.58 Å². The van der Waals surface area contributed by atoms with E-state index >= 15 is 0 Å². The summed E-state index contributed by atoms with van der Waals surface area (Å²) in [6.45, 7) is 10.6. The fourth-order valence-electron chi connectivity index (χ4n) is 7.04. The number of hydrogen-bond donors (Lipinski definition) is 1. The zero-order chi connectivity index (χ0) is 25.7. The number of rotatable bonds is 8. The number of aryl methyl sites for hydroxylation is 1. The van der Waals surface area contributed by atoms with E-state index in [1.807, 2.05) is 61.5 Å². The Morgan fingerprint density at radius 3 is 2.53 bits per heavy atom. The van der Waals surface area contributed by atoms with Crippen molar-refractivity contribution in [3.05, 3.63) is 83.9 Å². The number of hydrogen-bond acceptors (Lipinski definition) is 5. The Hall–Kier alpha value is -2.48. The third-order valence-corrected chi connectivity index (χ3v) is 11.2. The van der Waals surface area contributed by atoms with E-state index in [9.17, 15) is 13.2 Å². The van der Waals surface area contributed by atoms with Gasteiger partial charge in [-0.25, -0.2) is 12.7 Å². The van der Waals surface area contributed by atoms with Gasteiger partial charge in [-0.2, -0.15) is 5.48 Å². The molecule has 36 heavy (non-hydrogen) atoms. The van der Waals surface area contributed by atoms with Crippen LogP contribution in [-0.4, -0.2) is 36.5 Å². The maximum absolute atomic E-state index is 14.2. The number of amides is 1. The van der Waals surface area contributed by atoms with E-state index in [4.69, 9.17) is 4.84 Å². The number of sulfonamides is 1. The minimum Gasteiger partial charge on any atom is -0.296 e. The molecule has 6 nitrogen and oxygen atoms in total. The minimum absolute atomic E-state index is 0.0424. The molecule has 2 saturated carbocycles. The Kier molecular flexibility index (Phi) is 6.38. The molecule has 0 unspecified atom stereocenters. The van der Waals surface area contributed by atoms with Crippen LogP contribution in [0.3, 0.4) is 0 Å². The van der Waals surface area contributed by atoms with Crippen molar-refractivity contribution in [2.24, 2.45) is 16.7 Å². The van der Waals surface area contributed by atoms with Crippen molar-refractivity contribution in [2.45, 2.75) is 64.6 Å². The number of nitrogens with one attached hydrogen (secondary N) is 1. The topological polar surface area (TPSA) is 75.7 Å². The molecule has 2 aromatic carbocycles. The molecule has 2 aliphatic carbocycles. The van der Waals surface area contributed by atoms with Gasteiger partial charge in [0.25, 0.3) is 5.91 Å². The third kappa shape index (κ3) is 3.92. The largest absolute Gasteiger partial charge is 0.296 e. The fraction of sp³-hybridized carbons (Fsp3) is 0.483. The summed E-state index contributed by atoms with van der Waals surface area (Å²) in [7, 11) is -3.76. The lowest BCUT2D eigenvalue weighted by Crippen LogP contribution is -2.53. The summed E-state index contributed by atoms with van der Waals surface area (Å²) in [6.07, 6.45) is 4.32. The number of nitrogens with zero attached hydrogens (tertiary/aromatic N) is 1. The zero-order valence-electron chi connectivity index (χ0n) is 21.3. The van der Waals surface area contributed by atoms with Gasteiger partial charge >= 0.3 is 0 Å². The summed E-state index contributed by atoms with van der Waals surface area (Å²) in [5, 5.41) is 0. The van der Waals surface area contributed by atoms with E-state index < -0.39 is 27.9 Å². The van der Waals surface area contributed by atoms with Gasteiger partial charge in [0.2, 0.25) is 10.0 Å². The van der Waals surface area contributed by atoms with E-state index in [0.717, 1.165) is 36.0 Å². The van der Waals surface area contributed by atoms with Crippen molar-refractivity contribution in [1.29, 1.82) is 0 Å². The van der Waals surface area contributed by atoms with Crippen LogP contribution in [0.4, 0.5) is 0 Å². The van der Waals surface area contributed by atoms with Crippen LogP contribution in [0.1, 0.15) is 55.7 Å². The van der Waals surface area contributed by atoms with E-state index in [2.05, 4.69) is 25.9 Å². The predicted molar refractivity (Wildman–Crippen MR) is 140 cm³/mol. The second-order valence-corrected chi connectivity index (χ2v) is 13.1. The number of fused-ring (bicyclic) bond motifs is 1.